The molecular weight excluding hydrogens is 246 g/mol. The second kappa shape index (κ2) is 6.94. The number of aryl methyl sites for hydroxylation is 1. The standard InChI is InChI=1S/C17H23N3/c1-4-8-19-16-10-17(12-18-11-16)20(3)13-15-7-5-6-14(2)9-15/h5-7,9-12,19H,4,8,13H2,1-3H3. The van der Waals surface area contributed by atoms with Crippen molar-refractivity contribution in [3.63, 3.8) is 0 Å². The van der Waals surface area contributed by atoms with Crippen LogP contribution in [0, 0.1) is 6.92 Å². The molecule has 0 aliphatic carbocycles. The van der Waals surface area contributed by atoms with E-state index in [9.17, 15) is 0 Å². The van der Waals surface area contributed by atoms with Gasteiger partial charge in [-0.15, -0.1) is 0 Å². The summed E-state index contributed by atoms with van der Waals surface area (Å²) in [4.78, 5) is 6.53. The van der Waals surface area contributed by atoms with Crippen molar-refractivity contribution in [1.29, 1.82) is 0 Å². The topological polar surface area (TPSA) is 28.2 Å². The van der Waals surface area contributed by atoms with Gasteiger partial charge in [-0.05, 0) is 25.0 Å². The molecule has 0 aliphatic heterocycles. The van der Waals surface area contributed by atoms with Crippen molar-refractivity contribution in [3.8, 4) is 0 Å². The number of rotatable bonds is 6. The van der Waals surface area contributed by atoms with Gasteiger partial charge >= 0.3 is 0 Å². The van der Waals surface area contributed by atoms with Gasteiger partial charge in [-0.3, -0.25) is 4.98 Å². The smallest absolute Gasteiger partial charge is 0.0573 e. The third-order valence-corrected chi connectivity index (χ3v) is 3.25. The zero-order valence-corrected chi connectivity index (χ0v) is 12.6. The highest BCUT2D eigenvalue weighted by Gasteiger charge is 2.04. The molecule has 1 heterocycles. The minimum atomic E-state index is 0.889. The van der Waals surface area contributed by atoms with Crippen LogP contribution in [0.3, 0.4) is 0 Å². The molecule has 2 aromatic rings. The fraction of sp³-hybridized carbons (Fsp3) is 0.353. The summed E-state index contributed by atoms with van der Waals surface area (Å²) in [5.41, 5.74) is 4.83. The van der Waals surface area contributed by atoms with Crippen LogP contribution >= 0.6 is 0 Å². The average molecular weight is 269 g/mol. The summed E-state index contributed by atoms with van der Waals surface area (Å²) in [5, 5.41) is 3.37. The van der Waals surface area contributed by atoms with Gasteiger partial charge in [-0.1, -0.05) is 36.8 Å². The van der Waals surface area contributed by atoms with Crippen LogP contribution in [-0.2, 0) is 6.54 Å². The van der Waals surface area contributed by atoms with E-state index in [0.29, 0.717) is 0 Å². The first-order chi connectivity index (χ1) is 9.69. The lowest BCUT2D eigenvalue weighted by atomic mass is 10.1. The number of nitrogens with zero attached hydrogens (tertiary/aromatic N) is 2. The van der Waals surface area contributed by atoms with Crippen LogP contribution in [0.2, 0.25) is 0 Å². The van der Waals surface area contributed by atoms with Gasteiger partial charge < -0.3 is 10.2 Å². The largest absolute Gasteiger partial charge is 0.384 e. The van der Waals surface area contributed by atoms with Crippen LogP contribution in [0.4, 0.5) is 11.4 Å². The van der Waals surface area contributed by atoms with Gasteiger partial charge in [-0.25, -0.2) is 0 Å². The van der Waals surface area contributed by atoms with Gasteiger partial charge in [0.15, 0.2) is 0 Å². The third kappa shape index (κ3) is 3.98. The molecule has 0 saturated heterocycles. The Labute approximate surface area is 121 Å². The average Bonchev–Trinajstić information content (AvgIpc) is 2.45. The lowest BCUT2D eigenvalue weighted by molar-refractivity contribution is 0.915. The van der Waals surface area contributed by atoms with Crippen molar-refractivity contribution < 1.29 is 0 Å². The molecule has 0 radical (unpaired) electrons. The quantitative estimate of drug-likeness (QED) is 0.863. The number of hydrogen-bond donors (Lipinski definition) is 1. The first-order valence-electron chi connectivity index (χ1n) is 7.14. The Morgan fingerprint density at radius 1 is 1.20 bits per heavy atom. The molecule has 20 heavy (non-hydrogen) atoms. The summed E-state index contributed by atoms with van der Waals surface area (Å²) in [6.07, 6.45) is 4.90. The molecule has 0 spiro atoms. The maximum atomic E-state index is 4.31. The van der Waals surface area contributed by atoms with Crippen LogP contribution in [-0.4, -0.2) is 18.6 Å². The van der Waals surface area contributed by atoms with Crippen molar-refractivity contribution in [3.05, 3.63) is 53.9 Å². The number of anilines is 2. The second-order valence-electron chi connectivity index (χ2n) is 5.20. The van der Waals surface area contributed by atoms with E-state index < -0.39 is 0 Å². The fourth-order valence-corrected chi connectivity index (χ4v) is 2.18. The van der Waals surface area contributed by atoms with Crippen molar-refractivity contribution in [2.45, 2.75) is 26.8 Å². The van der Waals surface area contributed by atoms with Gasteiger partial charge in [0.1, 0.15) is 0 Å². The Morgan fingerprint density at radius 3 is 2.80 bits per heavy atom. The van der Waals surface area contributed by atoms with E-state index in [1.807, 2.05) is 12.4 Å². The van der Waals surface area contributed by atoms with Crippen LogP contribution < -0.4 is 10.2 Å². The van der Waals surface area contributed by atoms with E-state index >= 15 is 0 Å². The number of pyridine rings is 1. The van der Waals surface area contributed by atoms with Crippen molar-refractivity contribution in [1.82, 2.24) is 4.98 Å². The molecule has 0 bridgehead atoms. The minimum Gasteiger partial charge on any atom is -0.384 e. The monoisotopic (exact) mass is 269 g/mol. The minimum absolute atomic E-state index is 0.889. The molecule has 3 nitrogen and oxygen atoms in total. The molecule has 0 saturated carbocycles. The lowest BCUT2D eigenvalue weighted by Gasteiger charge is -2.20. The maximum Gasteiger partial charge on any atom is 0.0573 e. The molecule has 1 aromatic heterocycles. The molecule has 1 N–H and O–H groups in total. The Balaban J connectivity index is 2.06. The summed E-state index contributed by atoms with van der Waals surface area (Å²) in [6, 6.07) is 10.8. The van der Waals surface area contributed by atoms with Crippen LogP contribution in [0.15, 0.2) is 42.7 Å². The van der Waals surface area contributed by atoms with E-state index in [1.165, 1.54) is 11.1 Å². The molecule has 2 rings (SSSR count). The maximum absolute atomic E-state index is 4.31. The Morgan fingerprint density at radius 2 is 2.05 bits per heavy atom. The molecule has 3 heteroatoms. The molecule has 0 fully saturated rings. The summed E-state index contributed by atoms with van der Waals surface area (Å²) >= 11 is 0. The van der Waals surface area contributed by atoms with Crippen LogP contribution in [0.25, 0.3) is 0 Å². The molecule has 1 aromatic carbocycles. The fourth-order valence-electron chi connectivity index (χ4n) is 2.18. The van der Waals surface area contributed by atoms with Crippen LogP contribution in [0.1, 0.15) is 24.5 Å². The summed E-state index contributed by atoms with van der Waals surface area (Å²) < 4.78 is 0. The molecule has 0 aliphatic rings. The highest BCUT2D eigenvalue weighted by molar-refractivity contribution is 5.55. The zero-order valence-electron chi connectivity index (χ0n) is 12.6. The Hall–Kier alpha value is -2.03. The Bertz CT molecular complexity index is 551. The van der Waals surface area contributed by atoms with E-state index in [-0.39, 0.29) is 0 Å². The number of hydrogen-bond acceptors (Lipinski definition) is 3. The van der Waals surface area contributed by atoms with Gasteiger partial charge in [-0.2, -0.15) is 0 Å². The van der Waals surface area contributed by atoms with Gasteiger partial charge in [0.2, 0.25) is 0 Å². The van der Waals surface area contributed by atoms with E-state index in [1.54, 1.807) is 0 Å². The Kier molecular flexibility index (Phi) is 4.99. The zero-order chi connectivity index (χ0) is 14.4. The van der Waals surface area contributed by atoms with Gasteiger partial charge in [0.25, 0.3) is 0 Å². The van der Waals surface area contributed by atoms with E-state index in [4.69, 9.17) is 0 Å². The SMILES string of the molecule is CCCNc1cncc(N(C)Cc2cccc(C)c2)c1. The second-order valence-corrected chi connectivity index (χ2v) is 5.20. The summed E-state index contributed by atoms with van der Waals surface area (Å²) in [5.74, 6) is 0. The highest BCUT2D eigenvalue weighted by atomic mass is 15.1. The molecule has 0 atom stereocenters. The number of aromatic nitrogens is 1. The molecule has 0 amide bonds. The number of nitrogens with one attached hydrogen (secondary N) is 1. The molecular formula is C17H23N3. The number of benzene rings is 1. The normalized spacial score (nSPS) is 10.3. The van der Waals surface area contributed by atoms with Gasteiger partial charge in [0.05, 0.1) is 23.8 Å². The summed E-state index contributed by atoms with van der Waals surface area (Å²) in [6.45, 7) is 6.15. The van der Waals surface area contributed by atoms with Gasteiger partial charge in [0, 0.05) is 20.1 Å². The third-order valence-electron chi connectivity index (χ3n) is 3.25. The molecule has 0 unspecified atom stereocenters. The van der Waals surface area contributed by atoms with E-state index in [0.717, 1.165) is 30.9 Å². The predicted octanol–water partition coefficient (Wildman–Crippen LogP) is 3.85. The predicted molar refractivity (Wildman–Crippen MR) is 86.3 cm³/mol. The van der Waals surface area contributed by atoms with Crippen LogP contribution in [0.5, 0.6) is 0 Å². The van der Waals surface area contributed by atoms with Crippen molar-refractivity contribution in [2.24, 2.45) is 0 Å². The highest BCUT2D eigenvalue weighted by Crippen LogP contribution is 2.19. The molecule has 106 valence electrons. The lowest BCUT2D eigenvalue weighted by Crippen LogP contribution is -2.17. The first kappa shape index (κ1) is 14.4. The first-order valence-corrected chi connectivity index (χ1v) is 7.14. The van der Waals surface area contributed by atoms with E-state index in [2.05, 4.69) is 66.4 Å². The van der Waals surface area contributed by atoms with Crippen molar-refractivity contribution in [2.75, 3.05) is 23.8 Å². The summed E-state index contributed by atoms with van der Waals surface area (Å²) in [7, 11) is 2.10. The van der Waals surface area contributed by atoms with Crippen molar-refractivity contribution >= 4 is 11.4 Å².